The molecule has 0 spiro atoms. The highest BCUT2D eigenvalue weighted by Gasteiger charge is 2.22. The second-order valence-corrected chi connectivity index (χ2v) is 6.23. The number of hydrogen-bond donors (Lipinski definition) is 1. The average molecular weight is 312 g/mol. The Morgan fingerprint density at radius 2 is 2.29 bits per heavy atom. The Balaban J connectivity index is 1.69. The first-order valence-electron chi connectivity index (χ1n) is 7.39. The van der Waals surface area contributed by atoms with E-state index in [0.717, 1.165) is 25.9 Å². The van der Waals surface area contributed by atoms with E-state index >= 15 is 0 Å². The lowest BCUT2D eigenvalue weighted by atomic mass is 10.1. The highest BCUT2D eigenvalue weighted by atomic mass is 32.1. The maximum atomic E-state index is 12.2. The SMILES string of the molecule is CN(Cc1ccsc1)C(=O)CN1CCC(OCCO)CC1. The van der Waals surface area contributed by atoms with Crippen LogP contribution in [0.1, 0.15) is 18.4 Å². The normalized spacial score (nSPS) is 17.0. The van der Waals surface area contributed by atoms with Gasteiger partial charge in [-0.1, -0.05) is 0 Å². The largest absolute Gasteiger partial charge is 0.394 e. The number of aliphatic hydroxyl groups is 1. The van der Waals surface area contributed by atoms with Crippen molar-refractivity contribution >= 4 is 17.2 Å². The summed E-state index contributed by atoms with van der Waals surface area (Å²) in [5.41, 5.74) is 1.19. The van der Waals surface area contributed by atoms with Crippen LogP contribution in [0.15, 0.2) is 16.8 Å². The molecule has 1 aliphatic rings. The summed E-state index contributed by atoms with van der Waals surface area (Å²) in [6.07, 6.45) is 2.09. The van der Waals surface area contributed by atoms with Gasteiger partial charge >= 0.3 is 0 Å². The lowest BCUT2D eigenvalue weighted by Crippen LogP contribution is -2.43. The molecule has 1 amide bonds. The molecule has 118 valence electrons. The van der Waals surface area contributed by atoms with Crippen molar-refractivity contribution in [3.05, 3.63) is 22.4 Å². The summed E-state index contributed by atoms with van der Waals surface area (Å²) in [5.74, 6) is 0.163. The molecule has 1 fully saturated rings. The van der Waals surface area contributed by atoms with E-state index in [1.54, 1.807) is 16.2 Å². The molecule has 2 rings (SSSR count). The van der Waals surface area contributed by atoms with Crippen molar-refractivity contribution in [1.82, 2.24) is 9.80 Å². The molecule has 0 atom stereocenters. The number of carbonyl (C=O) groups excluding carboxylic acids is 1. The molecule has 0 saturated carbocycles. The topological polar surface area (TPSA) is 53.0 Å². The van der Waals surface area contributed by atoms with Crippen LogP contribution >= 0.6 is 11.3 Å². The summed E-state index contributed by atoms with van der Waals surface area (Å²) in [4.78, 5) is 16.2. The lowest BCUT2D eigenvalue weighted by Gasteiger charge is -2.32. The van der Waals surface area contributed by atoms with Crippen LogP contribution in [0.4, 0.5) is 0 Å². The van der Waals surface area contributed by atoms with Crippen molar-refractivity contribution in [3.8, 4) is 0 Å². The number of hydrogen-bond acceptors (Lipinski definition) is 5. The summed E-state index contributed by atoms with van der Waals surface area (Å²) < 4.78 is 5.53. The molecule has 2 heterocycles. The van der Waals surface area contributed by atoms with Crippen LogP contribution in [0, 0.1) is 0 Å². The molecule has 1 aromatic rings. The van der Waals surface area contributed by atoms with Crippen LogP contribution in [0.2, 0.25) is 0 Å². The molecule has 5 nitrogen and oxygen atoms in total. The first-order chi connectivity index (χ1) is 10.2. The Bertz CT molecular complexity index is 417. The van der Waals surface area contributed by atoms with Gasteiger partial charge in [0.1, 0.15) is 0 Å². The van der Waals surface area contributed by atoms with Gasteiger partial charge in [-0.2, -0.15) is 11.3 Å². The van der Waals surface area contributed by atoms with E-state index in [1.807, 2.05) is 12.4 Å². The number of rotatable bonds is 7. The quantitative estimate of drug-likeness (QED) is 0.821. The highest BCUT2D eigenvalue weighted by Crippen LogP contribution is 2.14. The third kappa shape index (κ3) is 5.39. The first-order valence-corrected chi connectivity index (χ1v) is 8.33. The Kier molecular flexibility index (Phi) is 6.63. The number of carbonyl (C=O) groups is 1. The number of thiophene rings is 1. The van der Waals surface area contributed by atoms with Crippen LogP contribution in [-0.4, -0.2) is 66.8 Å². The minimum absolute atomic E-state index is 0.0755. The molecule has 1 aliphatic heterocycles. The van der Waals surface area contributed by atoms with Gasteiger partial charge in [0, 0.05) is 26.7 Å². The maximum absolute atomic E-state index is 12.2. The number of amides is 1. The van der Waals surface area contributed by atoms with Crippen molar-refractivity contribution in [2.24, 2.45) is 0 Å². The molecule has 21 heavy (non-hydrogen) atoms. The summed E-state index contributed by atoms with van der Waals surface area (Å²) in [6.45, 7) is 3.41. The van der Waals surface area contributed by atoms with E-state index in [-0.39, 0.29) is 18.6 Å². The van der Waals surface area contributed by atoms with Crippen LogP contribution in [0.5, 0.6) is 0 Å². The van der Waals surface area contributed by atoms with Crippen molar-refractivity contribution in [1.29, 1.82) is 0 Å². The van der Waals surface area contributed by atoms with Gasteiger partial charge in [-0.25, -0.2) is 0 Å². The van der Waals surface area contributed by atoms with Crippen LogP contribution in [0.25, 0.3) is 0 Å². The van der Waals surface area contributed by atoms with E-state index in [2.05, 4.69) is 16.3 Å². The first kappa shape index (κ1) is 16.4. The second-order valence-electron chi connectivity index (χ2n) is 5.45. The van der Waals surface area contributed by atoms with Gasteiger partial charge in [-0.15, -0.1) is 0 Å². The zero-order chi connectivity index (χ0) is 15.1. The Hall–Kier alpha value is -0.950. The molecule has 0 aromatic carbocycles. The third-order valence-electron chi connectivity index (χ3n) is 3.76. The highest BCUT2D eigenvalue weighted by molar-refractivity contribution is 7.07. The number of likely N-dealkylation sites (N-methyl/N-ethyl adjacent to an activating group) is 1. The molecule has 1 N–H and O–H groups in total. The Morgan fingerprint density at radius 3 is 2.90 bits per heavy atom. The van der Waals surface area contributed by atoms with Gasteiger partial charge in [-0.05, 0) is 35.2 Å². The Labute approximate surface area is 130 Å². The van der Waals surface area contributed by atoms with Gasteiger partial charge in [-0.3, -0.25) is 9.69 Å². The molecule has 6 heteroatoms. The summed E-state index contributed by atoms with van der Waals surface area (Å²) in [5, 5.41) is 12.9. The minimum Gasteiger partial charge on any atom is -0.394 e. The van der Waals surface area contributed by atoms with E-state index in [4.69, 9.17) is 9.84 Å². The summed E-state index contributed by atoms with van der Waals surface area (Å²) >= 11 is 1.66. The van der Waals surface area contributed by atoms with E-state index in [1.165, 1.54) is 5.56 Å². The average Bonchev–Trinajstić information content (AvgIpc) is 2.99. The zero-order valence-corrected chi connectivity index (χ0v) is 13.3. The minimum atomic E-state index is 0.0755. The summed E-state index contributed by atoms with van der Waals surface area (Å²) in [6, 6.07) is 2.05. The molecule has 0 unspecified atom stereocenters. The molecule has 1 saturated heterocycles. The van der Waals surface area contributed by atoms with Crippen molar-refractivity contribution in [2.75, 3.05) is 39.9 Å². The standard InChI is InChI=1S/C15H24N2O3S/c1-16(10-13-4-9-21-12-13)15(19)11-17-5-2-14(3-6-17)20-8-7-18/h4,9,12,14,18H,2-3,5-8,10-11H2,1H3. The maximum Gasteiger partial charge on any atom is 0.236 e. The molecular weight excluding hydrogens is 288 g/mol. The van der Waals surface area contributed by atoms with Crippen LogP contribution in [0.3, 0.4) is 0 Å². The molecule has 0 bridgehead atoms. The number of ether oxygens (including phenoxy) is 1. The Morgan fingerprint density at radius 1 is 1.52 bits per heavy atom. The molecule has 0 aliphatic carbocycles. The second kappa shape index (κ2) is 8.48. The predicted octanol–water partition coefficient (Wildman–Crippen LogP) is 1.18. The lowest BCUT2D eigenvalue weighted by molar-refractivity contribution is -0.132. The van der Waals surface area contributed by atoms with E-state index in [0.29, 0.717) is 19.7 Å². The van der Waals surface area contributed by atoms with Crippen molar-refractivity contribution in [2.45, 2.75) is 25.5 Å². The fraction of sp³-hybridized carbons (Fsp3) is 0.667. The molecular formula is C15H24N2O3S. The van der Waals surface area contributed by atoms with Gasteiger partial charge in [0.15, 0.2) is 0 Å². The van der Waals surface area contributed by atoms with Gasteiger partial charge in [0.05, 0.1) is 25.9 Å². The fourth-order valence-corrected chi connectivity index (χ4v) is 3.17. The van der Waals surface area contributed by atoms with Crippen molar-refractivity contribution < 1.29 is 14.6 Å². The molecule has 1 aromatic heterocycles. The zero-order valence-electron chi connectivity index (χ0n) is 12.5. The van der Waals surface area contributed by atoms with Gasteiger partial charge < -0.3 is 14.7 Å². The fourth-order valence-electron chi connectivity index (χ4n) is 2.51. The summed E-state index contributed by atoms with van der Waals surface area (Å²) in [7, 11) is 1.86. The third-order valence-corrected chi connectivity index (χ3v) is 4.50. The monoisotopic (exact) mass is 312 g/mol. The smallest absolute Gasteiger partial charge is 0.236 e. The number of aliphatic hydroxyl groups excluding tert-OH is 1. The van der Waals surface area contributed by atoms with Gasteiger partial charge in [0.25, 0.3) is 0 Å². The van der Waals surface area contributed by atoms with Gasteiger partial charge in [0.2, 0.25) is 5.91 Å². The number of piperidine rings is 1. The van der Waals surface area contributed by atoms with E-state index < -0.39 is 0 Å². The molecule has 0 radical (unpaired) electrons. The van der Waals surface area contributed by atoms with Crippen LogP contribution in [-0.2, 0) is 16.1 Å². The van der Waals surface area contributed by atoms with Crippen LogP contribution < -0.4 is 0 Å². The van der Waals surface area contributed by atoms with E-state index in [9.17, 15) is 4.79 Å². The van der Waals surface area contributed by atoms with Crippen molar-refractivity contribution in [3.63, 3.8) is 0 Å². The number of likely N-dealkylation sites (tertiary alicyclic amines) is 1. The number of nitrogens with zero attached hydrogens (tertiary/aromatic N) is 2. The predicted molar refractivity (Wildman–Crippen MR) is 83.3 cm³/mol.